The summed E-state index contributed by atoms with van der Waals surface area (Å²) in [7, 11) is 1.56. The minimum absolute atomic E-state index is 0.0767. The van der Waals surface area contributed by atoms with Gasteiger partial charge in [0.15, 0.2) is 0 Å². The average molecular weight is 275 g/mol. The summed E-state index contributed by atoms with van der Waals surface area (Å²) in [6.07, 6.45) is 0.412. The molecule has 6 heteroatoms. The molecule has 16 heavy (non-hydrogen) atoms. The number of hydrogen-bond donors (Lipinski definition) is 0. The van der Waals surface area contributed by atoms with Crippen LogP contribution in [0, 0.1) is 5.41 Å². The highest BCUT2D eigenvalue weighted by Crippen LogP contribution is 2.56. The van der Waals surface area contributed by atoms with Crippen LogP contribution in [-0.2, 0) is 9.05 Å². The second-order valence-corrected chi connectivity index (χ2v) is 8.20. The quantitative estimate of drug-likeness (QED) is 0.719. The minimum Gasteiger partial charge on any atom is -0.212 e. The summed E-state index contributed by atoms with van der Waals surface area (Å²) >= 11 is 0. The molecule has 1 fully saturated rings. The summed E-state index contributed by atoms with van der Waals surface area (Å²) in [5, 5.41) is 0. The average Bonchev–Trinajstić information content (AvgIpc) is 2.83. The van der Waals surface area contributed by atoms with Gasteiger partial charge < -0.3 is 0 Å². The molecule has 1 rings (SSSR count). The van der Waals surface area contributed by atoms with E-state index in [2.05, 4.69) is 0 Å². The summed E-state index contributed by atoms with van der Waals surface area (Å²) in [5.41, 5.74) is -1.35. The Kier molecular flexibility index (Phi) is 3.37. The molecule has 0 spiro atoms. The summed E-state index contributed by atoms with van der Waals surface area (Å²) in [4.78, 5) is 0. The Morgan fingerprint density at radius 1 is 1.31 bits per heavy atom. The van der Waals surface area contributed by atoms with E-state index in [-0.39, 0.29) is 12.8 Å². The Bertz CT molecular complexity index is 372. The van der Waals surface area contributed by atoms with Crippen molar-refractivity contribution >= 4 is 19.7 Å². The fraction of sp³-hybridized carbons (Fsp3) is 1.00. The van der Waals surface area contributed by atoms with Gasteiger partial charge in [-0.2, -0.15) is 0 Å². The van der Waals surface area contributed by atoms with Crippen LogP contribution in [0.3, 0.4) is 0 Å². The Balaban J connectivity index is 2.91. The molecule has 1 aliphatic carbocycles. The van der Waals surface area contributed by atoms with E-state index >= 15 is 0 Å². The van der Waals surface area contributed by atoms with Crippen molar-refractivity contribution in [1.29, 1.82) is 0 Å². The van der Waals surface area contributed by atoms with Crippen molar-refractivity contribution in [3.63, 3.8) is 0 Å². The van der Waals surface area contributed by atoms with Gasteiger partial charge in [-0.1, -0.05) is 20.8 Å². The lowest BCUT2D eigenvalue weighted by Gasteiger charge is -2.35. The van der Waals surface area contributed by atoms with Crippen LogP contribution in [0.5, 0.6) is 0 Å². The molecule has 1 saturated carbocycles. The first-order chi connectivity index (χ1) is 6.97. The largest absolute Gasteiger partial charge is 0.252 e. The van der Waals surface area contributed by atoms with Crippen molar-refractivity contribution in [2.45, 2.75) is 57.1 Å². The highest BCUT2D eigenvalue weighted by molar-refractivity contribution is 8.15. The van der Waals surface area contributed by atoms with E-state index in [9.17, 15) is 17.2 Å². The van der Waals surface area contributed by atoms with E-state index < -0.39 is 25.1 Å². The second-order valence-electron chi connectivity index (χ2n) is 5.24. The van der Waals surface area contributed by atoms with Crippen molar-refractivity contribution < 1.29 is 17.2 Å². The van der Waals surface area contributed by atoms with Crippen LogP contribution in [0.1, 0.15) is 46.5 Å². The van der Waals surface area contributed by atoms with E-state index in [1.165, 1.54) is 20.8 Å². The molecule has 0 amide bonds. The predicted octanol–water partition coefficient (Wildman–Crippen LogP) is 3.55. The van der Waals surface area contributed by atoms with Crippen LogP contribution in [0.25, 0.3) is 0 Å². The molecule has 0 N–H and O–H groups in total. The third-order valence-corrected chi connectivity index (χ3v) is 6.09. The zero-order valence-electron chi connectivity index (χ0n) is 9.69. The van der Waals surface area contributed by atoms with Crippen molar-refractivity contribution in [3.05, 3.63) is 0 Å². The smallest absolute Gasteiger partial charge is 0.212 e. The second kappa shape index (κ2) is 3.80. The SMILES string of the molecule is CCC(F)(F)C(C)(C)CC1(S(=O)(=O)Cl)CC1. The molecule has 1 aliphatic rings. The lowest BCUT2D eigenvalue weighted by molar-refractivity contribution is -0.112. The van der Waals surface area contributed by atoms with Crippen LogP contribution < -0.4 is 0 Å². The number of hydrogen-bond acceptors (Lipinski definition) is 2. The third kappa shape index (κ3) is 2.35. The number of alkyl halides is 2. The van der Waals surface area contributed by atoms with Crippen LogP contribution in [-0.4, -0.2) is 19.1 Å². The normalized spacial score (nSPS) is 20.9. The van der Waals surface area contributed by atoms with E-state index in [1.807, 2.05) is 0 Å². The Hall–Kier alpha value is 0.1000. The van der Waals surface area contributed by atoms with Gasteiger partial charge in [-0.05, 0) is 19.3 Å². The van der Waals surface area contributed by atoms with Gasteiger partial charge in [0.2, 0.25) is 9.05 Å². The molecule has 2 nitrogen and oxygen atoms in total. The zero-order chi connectivity index (χ0) is 12.8. The maximum absolute atomic E-state index is 13.6. The number of rotatable bonds is 5. The fourth-order valence-electron chi connectivity index (χ4n) is 2.06. The Morgan fingerprint density at radius 2 is 1.75 bits per heavy atom. The van der Waals surface area contributed by atoms with Crippen LogP contribution in [0.4, 0.5) is 8.78 Å². The first-order valence-electron chi connectivity index (χ1n) is 5.29. The lowest BCUT2D eigenvalue weighted by Crippen LogP contribution is -2.40. The molecule has 0 saturated heterocycles. The van der Waals surface area contributed by atoms with Crippen molar-refractivity contribution in [2.24, 2.45) is 5.41 Å². The van der Waals surface area contributed by atoms with Gasteiger partial charge in [-0.3, -0.25) is 0 Å². The summed E-state index contributed by atoms with van der Waals surface area (Å²) in [5.74, 6) is -2.87. The first-order valence-corrected chi connectivity index (χ1v) is 7.60. The van der Waals surface area contributed by atoms with E-state index in [4.69, 9.17) is 10.7 Å². The monoisotopic (exact) mass is 274 g/mol. The van der Waals surface area contributed by atoms with Gasteiger partial charge in [-0.15, -0.1) is 0 Å². The molecular weight excluding hydrogens is 258 g/mol. The molecule has 0 heterocycles. The van der Waals surface area contributed by atoms with Crippen molar-refractivity contribution in [3.8, 4) is 0 Å². The zero-order valence-corrected chi connectivity index (χ0v) is 11.3. The number of halogens is 3. The van der Waals surface area contributed by atoms with Crippen molar-refractivity contribution in [2.75, 3.05) is 0 Å². The molecule has 0 aromatic heterocycles. The molecule has 0 radical (unpaired) electrons. The first kappa shape index (κ1) is 14.2. The Morgan fingerprint density at radius 3 is 2.00 bits per heavy atom. The molecule has 0 atom stereocenters. The fourth-order valence-corrected chi connectivity index (χ4v) is 3.81. The summed E-state index contributed by atoms with van der Waals surface area (Å²) in [6, 6.07) is 0. The standard InChI is InChI=1S/C10H17ClF2O2S/c1-4-10(12,13)8(2,3)7-9(5-6-9)16(11,14)15/h4-7H2,1-3H3. The van der Waals surface area contributed by atoms with Crippen molar-refractivity contribution in [1.82, 2.24) is 0 Å². The third-order valence-electron chi connectivity index (χ3n) is 3.52. The molecular formula is C10H17ClF2O2S. The van der Waals surface area contributed by atoms with Crippen LogP contribution >= 0.6 is 10.7 Å². The topological polar surface area (TPSA) is 34.1 Å². The molecule has 96 valence electrons. The van der Waals surface area contributed by atoms with Gasteiger partial charge >= 0.3 is 0 Å². The van der Waals surface area contributed by atoms with Crippen LogP contribution in [0.15, 0.2) is 0 Å². The minimum atomic E-state index is -3.75. The molecule has 0 aromatic rings. The maximum Gasteiger partial charge on any atom is 0.252 e. The summed E-state index contributed by atoms with van der Waals surface area (Å²) < 4.78 is 48.8. The van der Waals surface area contributed by atoms with Gasteiger partial charge in [-0.25, -0.2) is 17.2 Å². The summed E-state index contributed by atoms with van der Waals surface area (Å²) in [6.45, 7) is 4.20. The van der Waals surface area contributed by atoms with Crippen LogP contribution in [0.2, 0.25) is 0 Å². The van der Waals surface area contributed by atoms with E-state index in [0.29, 0.717) is 12.8 Å². The molecule has 0 bridgehead atoms. The van der Waals surface area contributed by atoms with Gasteiger partial charge in [0.05, 0.1) is 4.75 Å². The van der Waals surface area contributed by atoms with Gasteiger partial charge in [0.1, 0.15) is 0 Å². The highest BCUT2D eigenvalue weighted by atomic mass is 35.7. The Labute approximate surface area is 99.8 Å². The lowest BCUT2D eigenvalue weighted by atomic mass is 9.79. The van der Waals surface area contributed by atoms with E-state index in [1.54, 1.807) is 0 Å². The highest BCUT2D eigenvalue weighted by Gasteiger charge is 2.60. The molecule has 0 unspecified atom stereocenters. The molecule has 0 aliphatic heterocycles. The predicted molar refractivity (Wildman–Crippen MR) is 60.4 cm³/mol. The van der Waals surface area contributed by atoms with E-state index in [0.717, 1.165) is 0 Å². The molecule has 0 aromatic carbocycles. The van der Waals surface area contributed by atoms with Gasteiger partial charge in [0, 0.05) is 22.5 Å². The van der Waals surface area contributed by atoms with Gasteiger partial charge in [0.25, 0.3) is 5.92 Å². The maximum atomic E-state index is 13.6.